The van der Waals surface area contributed by atoms with Crippen molar-refractivity contribution >= 4 is 11.6 Å². The maximum Gasteiger partial charge on any atom is 0.137 e. The van der Waals surface area contributed by atoms with E-state index in [9.17, 15) is 0 Å². The van der Waals surface area contributed by atoms with E-state index < -0.39 is 0 Å². The van der Waals surface area contributed by atoms with Gasteiger partial charge in [0.15, 0.2) is 0 Å². The molecule has 22 heavy (non-hydrogen) atoms. The molecule has 1 aromatic carbocycles. The quantitative estimate of drug-likeness (QED) is 0.688. The van der Waals surface area contributed by atoms with E-state index in [1.807, 2.05) is 30.3 Å². The Balaban J connectivity index is 1.87. The highest BCUT2D eigenvalue weighted by Crippen LogP contribution is 2.31. The van der Waals surface area contributed by atoms with Crippen LogP contribution in [0, 0.1) is 0 Å². The molecule has 5 heteroatoms. The van der Waals surface area contributed by atoms with Gasteiger partial charge in [-0.1, -0.05) is 11.6 Å². The number of hydrogen-bond acceptors (Lipinski definition) is 4. The second-order valence-corrected chi connectivity index (χ2v) is 5.48. The molecule has 0 radical (unpaired) electrons. The van der Waals surface area contributed by atoms with Crippen molar-refractivity contribution in [3.8, 4) is 17.1 Å². The third-order valence-electron chi connectivity index (χ3n) is 3.41. The molecule has 4 nitrogen and oxygen atoms in total. The summed E-state index contributed by atoms with van der Waals surface area (Å²) in [5.74, 6) is 2.34. The minimum atomic E-state index is 0.270. The van der Waals surface area contributed by atoms with Gasteiger partial charge >= 0.3 is 0 Å². The van der Waals surface area contributed by atoms with Crippen molar-refractivity contribution in [1.82, 2.24) is 5.32 Å². The van der Waals surface area contributed by atoms with Crippen LogP contribution in [0.3, 0.4) is 0 Å². The molecule has 0 atom stereocenters. The average molecular weight is 324 g/mol. The van der Waals surface area contributed by atoms with Crippen molar-refractivity contribution in [2.75, 3.05) is 20.3 Å². The number of unbranched alkanes of at least 4 members (excludes halogenated alkanes) is 2. The van der Waals surface area contributed by atoms with Crippen molar-refractivity contribution in [1.29, 1.82) is 0 Å². The molecule has 2 N–H and O–H groups in total. The highest BCUT2D eigenvalue weighted by Gasteiger charge is 2.08. The fourth-order valence-corrected chi connectivity index (χ4v) is 2.46. The standard InChI is InChI=1S/C17H22ClNO3/c1-21-17-7-5-13(11-15(17)18)16-8-6-14(22-16)12-19-9-3-2-4-10-20/h5-8,11,19-20H,2-4,9-10,12H2,1H3. The molecule has 0 amide bonds. The average Bonchev–Trinajstić information content (AvgIpc) is 2.99. The summed E-state index contributed by atoms with van der Waals surface area (Å²) in [6.07, 6.45) is 2.96. The van der Waals surface area contributed by atoms with Crippen molar-refractivity contribution in [2.45, 2.75) is 25.8 Å². The van der Waals surface area contributed by atoms with Crippen LogP contribution in [-0.2, 0) is 6.54 Å². The Hall–Kier alpha value is -1.49. The number of aliphatic hydroxyl groups is 1. The van der Waals surface area contributed by atoms with Crippen LogP contribution in [0.15, 0.2) is 34.7 Å². The number of aliphatic hydroxyl groups excluding tert-OH is 1. The molecule has 0 spiro atoms. The Bertz CT molecular complexity index is 583. The largest absolute Gasteiger partial charge is 0.495 e. The second kappa shape index (κ2) is 8.83. The van der Waals surface area contributed by atoms with Gasteiger partial charge < -0.3 is 19.6 Å². The summed E-state index contributed by atoms with van der Waals surface area (Å²) in [4.78, 5) is 0. The van der Waals surface area contributed by atoms with Gasteiger partial charge in [-0.15, -0.1) is 0 Å². The van der Waals surface area contributed by atoms with Gasteiger partial charge in [0, 0.05) is 12.2 Å². The number of furan rings is 1. The number of hydrogen-bond donors (Lipinski definition) is 2. The first kappa shape index (κ1) is 16.9. The lowest BCUT2D eigenvalue weighted by molar-refractivity contribution is 0.282. The summed E-state index contributed by atoms with van der Waals surface area (Å²) in [6.45, 7) is 1.89. The molecule has 0 aliphatic heterocycles. The third kappa shape index (κ3) is 4.77. The van der Waals surface area contributed by atoms with Crippen LogP contribution in [-0.4, -0.2) is 25.4 Å². The summed E-state index contributed by atoms with van der Waals surface area (Å²) >= 11 is 6.13. The lowest BCUT2D eigenvalue weighted by Gasteiger charge is -2.04. The Kier molecular flexibility index (Phi) is 6.77. The molecule has 2 aromatic rings. The molecule has 0 aliphatic carbocycles. The van der Waals surface area contributed by atoms with Crippen LogP contribution in [0.25, 0.3) is 11.3 Å². The first-order chi connectivity index (χ1) is 10.7. The fourth-order valence-electron chi connectivity index (χ4n) is 2.20. The first-order valence-electron chi connectivity index (χ1n) is 7.49. The Morgan fingerprint density at radius 1 is 1.18 bits per heavy atom. The number of nitrogens with one attached hydrogen (secondary N) is 1. The maximum absolute atomic E-state index is 8.71. The van der Waals surface area contributed by atoms with Crippen LogP contribution in [0.2, 0.25) is 5.02 Å². The van der Waals surface area contributed by atoms with Crippen LogP contribution in [0.5, 0.6) is 5.75 Å². The Morgan fingerprint density at radius 3 is 2.77 bits per heavy atom. The fraction of sp³-hybridized carbons (Fsp3) is 0.412. The third-order valence-corrected chi connectivity index (χ3v) is 3.70. The summed E-state index contributed by atoms with van der Waals surface area (Å²) in [5, 5.41) is 12.6. The molecule has 0 saturated heterocycles. The molecule has 2 rings (SSSR count). The summed E-state index contributed by atoms with van der Waals surface area (Å²) < 4.78 is 11.0. The smallest absolute Gasteiger partial charge is 0.137 e. The number of ether oxygens (including phenoxy) is 1. The van der Waals surface area contributed by atoms with Gasteiger partial charge in [-0.25, -0.2) is 0 Å². The van der Waals surface area contributed by atoms with Crippen LogP contribution >= 0.6 is 11.6 Å². The lowest BCUT2D eigenvalue weighted by atomic mass is 10.2. The van der Waals surface area contributed by atoms with Crippen molar-refractivity contribution in [2.24, 2.45) is 0 Å². The van der Waals surface area contributed by atoms with E-state index in [-0.39, 0.29) is 6.61 Å². The summed E-state index contributed by atoms with van der Waals surface area (Å²) in [7, 11) is 1.60. The zero-order chi connectivity index (χ0) is 15.8. The Labute approximate surface area is 136 Å². The van der Waals surface area contributed by atoms with E-state index in [4.69, 9.17) is 25.9 Å². The predicted molar refractivity (Wildman–Crippen MR) is 88.3 cm³/mol. The topological polar surface area (TPSA) is 54.6 Å². The van der Waals surface area contributed by atoms with E-state index in [2.05, 4.69) is 5.32 Å². The van der Waals surface area contributed by atoms with Crippen molar-refractivity contribution in [3.63, 3.8) is 0 Å². The Morgan fingerprint density at radius 2 is 2.05 bits per heavy atom. The molecular weight excluding hydrogens is 302 g/mol. The minimum Gasteiger partial charge on any atom is -0.495 e. The molecule has 0 bridgehead atoms. The van der Waals surface area contributed by atoms with E-state index in [1.54, 1.807) is 7.11 Å². The maximum atomic E-state index is 8.71. The van der Waals surface area contributed by atoms with E-state index in [0.29, 0.717) is 17.3 Å². The SMILES string of the molecule is COc1ccc(-c2ccc(CNCCCCCO)o2)cc1Cl. The molecule has 0 aliphatic rings. The van der Waals surface area contributed by atoms with Crippen LogP contribution < -0.4 is 10.1 Å². The van der Waals surface area contributed by atoms with Gasteiger partial charge in [0.2, 0.25) is 0 Å². The van der Waals surface area contributed by atoms with Gasteiger partial charge in [-0.3, -0.25) is 0 Å². The molecule has 1 aromatic heterocycles. The predicted octanol–water partition coefficient (Wildman–Crippen LogP) is 3.86. The normalized spacial score (nSPS) is 10.9. The second-order valence-electron chi connectivity index (χ2n) is 5.08. The zero-order valence-electron chi connectivity index (χ0n) is 12.8. The lowest BCUT2D eigenvalue weighted by Crippen LogP contribution is -2.14. The van der Waals surface area contributed by atoms with Gasteiger partial charge in [0.25, 0.3) is 0 Å². The van der Waals surface area contributed by atoms with Gasteiger partial charge in [0.05, 0.1) is 18.7 Å². The van der Waals surface area contributed by atoms with Crippen LogP contribution in [0.1, 0.15) is 25.0 Å². The van der Waals surface area contributed by atoms with Crippen molar-refractivity contribution < 1.29 is 14.3 Å². The number of halogens is 1. The molecule has 1 heterocycles. The highest BCUT2D eigenvalue weighted by atomic mass is 35.5. The van der Waals surface area contributed by atoms with Crippen molar-refractivity contribution in [3.05, 3.63) is 41.1 Å². The van der Waals surface area contributed by atoms with Gasteiger partial charge in [0.1, 0.15) is 17.3 Å². The minimum absolute atomic E-state index is 0.270. The van der Waals surface area contributed by atoms with Gasteiger partial charge in [-0.2, -0.15) is 0 Å². The van der Waals surface area contributed by atoms with E-state index >= 15 is 0 Å². The summed E-state index contributed by atoms with van der Waals surface area (Å²) in [5.41, 5.74) is 0.931. The molecule has 120 valence electrons. The van der Waals surface area contributed by atoms with E-state index in [1.165, 1.54) is 0 Å². The van der Waals surface area contributed by atoms with Gasteiger partial charge in [-0.05, 0) is 56.1 Å². The number of benzene rings is 1. The molecule has 0 fully saturated rings. The number of methoxy groups -OCH3 is 1. The van der Waals surface area contributed by atoms with Crippen LogP contribution in [0.4, 0.5) is 0 Å². The molecule has 0 unspecified atom stereocenters. The molecule has 0 saturated carbocycles. The monoisotopic (exact) mass is 323 g/mol. The summed E-state index contributed by atoms with van der Waals surface area (Å²) in [6, 6.07) is 9.51. The first-order valence-corrected chi connectivity index (χ1v) is 7.86. The zero-order valence-corrected chi connectivity index (χ0v) is 13.5. The highest BCUT2D eigenvalue weighted by molar-refractivity contribution is 6.32. The molecular formula is C17H22ClNO3. The van der Waals surface area contributed by atoms with E-state index in [0.717, 1.165) is 42.9 Å². The number of rotatable bonds is 9.